The lowest BCUT2D eigenvalue weighted by atomic mass is 9.91. The van der Waals surface area contributed by atoms with Crippen LogP contribution >= 0.6 is 0 Å². The normalized spacial score (nSPS) is 20.7. The first-order valence-corrected chi connectivity index (χ1v) is 10.7. The molecule has 5 heteroatoms. The molecule has 2 aromatic carbocycles. The largest absolute Gasteiger partial charge is 0.390 e. The van der Waals surface area contributed by atoms with Gasteiger partial charge in [0.05, 0.1) is 6.10 Å². The van der Waals surface area contributed by atoms with Crippen LogP contribution in [0.25, 0.3) is 0 Å². The van der Waals surface area contributed by atoms with Crippen molar-refractivity contribution in [3.05, 3.63) is 71.3 Å². The molecule has 2 aromatic rings. The number of amides is 2. The average Bonchev–Trinajstić information content (AvgIpc) is 2.78. The van der Waals surface area contributed by atoms with E-state index in [0.717, 1.165) is 45.4 Å². The fourth-order valence-corrected chi connectivity index (χ4v) is 4.55. The highest BCUT2D eigenvalue weighted by Gasteiger charge is 2.25. The third kappa shape index (κ3) is 5.17. The van der Waals surface area contributed by atoms with E-state index in [4.69, 9.17) is 0 Å². The molecule has 29 heavy (non-hydrogen) atoms. The summed E-state index contributed by atoms with van der Waals surface area (Å²) in [6, 6.07) is 18.9. The van der Waals surface area contributed by atoms with Crippen LogP contribution in [0.4, 0.5) is 4.79 Å². The van der Waals surface area contributed by atoms with Crippen LogP contribution in [0.1, 0.15) is 35.4 Å². The minimum absolute atomic E-state index is 0.0614. The van der Waals surface area contributed by atoms with Crippen molar-refractivity contribution in [2.75, 3.05) is 32.7 Å². The molecule has 0 aliphatic carbocycles. The van der Waals surface area contributed by atoms with Crippen LogP contribution in [0, 0.1) is 0 Å². The lowest BCUT2D eigenvalue weighted by molar-refractivity contribution is 0.102. The summed E-state index contributed by atoms with van der Waals surface area (Å²) >= 11 is 0. The topological polar surface area (TPSA) is 55.8 Å². The molecule has 5 nitrogen and oxygen atoms in total. The second-order valence-corrected chi connectivity index (χ2v) is 8.29. The van der Waals surface area contributed by atoms with Crippen molar-refractivity contribution in [1.29, 1.82) is 0 Å². The fourth-order valence-electron chi connectivity index (χ4n) is 4.55. The number of urea groups is 1. The molecule has 0 spiro atoms. The van der Waals surface area contributed by atoms with E-state index in [-0.39, 0.29) is 6.03 Å². The van der Waals surface area contributed by atoms with Gasteiger partial charge >= 0.3 is 6.03 Å². The minimum atomic E-state index is -0.557. The highest BCUT2D eigenvalue weighted by molar-refractivity contribution is 5.74. The van der Waals surface area contributed by atoms with Gasteiger partial charge in [0.15, 0.2) is 0 Å². The Hall–Kier alpha value is -2.37. The Morgan fingerprint density at radius 3 is 2.66 bits per heavy atom. The number of piperidine rings is 1. The Balaban J connectivity index is 1.23. The van der Waals surface area contributed by atoms with Gasteiger partial charge in [-0.3, -0.25) is 4.90 Å². The van der Waals surface area contributed by atoms with Crippen molar-refractivity contribution >= 4 is 6.03 Å². The molecule has 2 heterocycles. The Labute approximate surface area is 173 Å². The number of carbonyl (C=O) groups excluding carboxylic acids is 1. The second-order valence-electron chi connectivity index (χ2n) is 8.29. The number of hydrogen-bond donors (Lipinski definition) is 2. The fraction of sp³-hybridized carbons (Fsp3) is 0.458. The number of rotatable bonds is 5. The number of hydrogen-bond acceptors (Lipinski definition) is 3. The molecule has 4 rings (SSSR count). The highest BCUT2D eigenvalue weighted by Crippen LogP contribution is 2.26. The van der Waals surface area contributed by atoms with Gasteiger partial charge in [-0.1, -0.05) is 54.6 Å². The molecule has 1 unspecified atom stereocenters. The van der Waals surface area contributed by atoms with Crippen molar-refractivity contribution in [1.82, 2.24) is 15.1 Å². The summed E-state index contributed by atoms with van der Waals surface area (Å²) in [5.41, 5.74) is 4.05. The van der Waals surface area contributed by atoms with E-state index in [9.17, 15) is 9.90 Å². The number of aliphatic hydroxyl groups is 1. The van der Waals surface area contributed by atoms with Crippen LogP contribution in [0.3, 0.4) is 0 Å². The molecule has 1 fully saturated rings. The van der Waals surface area contributed by atoms with E-state index >= 15 is 0 Å². The standard InChI is InChI=1S/C24H31N3O2/c28-23(18-26-14-12-20-9-4-5-10-21(20)16-26)15-25-24(29)27-13-6-11-22(17-27)19-7-2-1-3-8-19/h1-5,7-10,22-23,28H,6,11-18H2,(H,25,29)/t22?,23-/m0/s1. The maximum Gasteiger partial charge on any atom is 0.317 e. The van der Waals surface area contributed by atoms with Gasteiger partial charge in [0.1, 0.15) is 0 Å². The summed E-state index contributed by atoms with van der Waals surface area (Å²) in [7, 11) is 0. The van der Waals surface area contributed by atoms with E-state index in [1.54, 1.807) is 0 Å². The molecule has 2 amide bonds. The first-order chi connectivity index (χ1) is 14.2. The number of benzene rings is 2. The first-order valence-electron chi connectivity index (χ1n) is 10.7. The SMILES string of the molecule is O=C(NC[C@H](O)CN1CCc2ccccc2C1)N1CCCC(c2ccccc2)C1. The lowest BCUT2D eigenvalue weighted by Crippen LogP contribution is -2.48. The number of nitrogens with one attached hydrogen (secondary N) is 1. The average molecular weight is 394 g/mol. The number of β-amino-alcohol motifs (C(OH)–C–C–N with tert-alkyl or cyclic N) is 1. The van der Waals surface area contributed by atoms with Crippen LogP contribution in [-0.2, 0) is 13.0 Å². The monoisotopic (exact) mass is 393 g/mol. The highest BCUT2D eigenvalue weighted by atomic mass is 16.3. The van der Waals surface area contributed by atoms with Crippen molar-refractivity contribution in [2.24, 2.45) is 0 Å². The van der Waals surface area contributed by atoms with E-state index in [0.29, 0.717) is 19.0 Å². The summed E-state index contributed by atoms with van der Waals surface area (Å²) < 4.78 is 0. The number of aliphatic hydroxyl groups excluding tert-OH is 1. The zero-order valence-corrected chi connectivity index (χ0v) is 17.0. The molecule has 2 aliphatic heterocycles. The minimum Gasteiger partial charge on any atom is -0.390 e. The van der Waals surface area contributed by atoms with Gasteiger partial charge in [0, 0.05) is 45.2 Å². The predicted molar refractivity (Wildman–Crippen MR) is 115 cm³/mol. The molecule has 1 saturated heterocycles. The summed E-state index contributed by atoms with van der Waals surface area (Å²) in [4.78, 5) is 16.8. The van der Waals surface area contributed by atoms with Gasteiger partial charge in [-0.15, -0.1) is 0 Å². The number of carbonyl (C=O) groups is 1. The van der Waals surface area contributed by atoms with Gasteiger partial charge in [0.2, 0.25) is 0 Å². The van der Waals surface area contributed by atoms with E-state index in [2.05, 4.69) is 58.7 Å². The van der Waals surface area contributed by atoms with Crippen LogP contribution in [-0.4, -0.2) is 59.8 Å². The van der Waals surface area contributed by atoms with Gasteiger partial charge in [0.25, 0.3) is 0 Å². The van der Waals surface area contributed by atoms with Crippen LogP contribution in [0.2, 0.25) is 0 Å². The lowest BCUT2D eigenvalue weighted by Gasteiger charge is -2.34. The smallest absolute Gasteiger partial charge is 0.317 e. The molecule has 0 saturated carbocycles. The van der Waals surface area contributed by atoms with Gasteiger partial charge in [-0.05, 0) is 36.0 Å². The van der Waals surface area contributed by atoms with Gasteiger partial charge < -0.3 is 15.3 Å². The van der Waals surface area contributed by atoms with Crippen molar-refractivity contribution < 1.29 is 9.90 Å². The molecular weight excluding hydrogens is 362 g/mol. The summed E-state index contributed by atoms with van der Waals surface area (Å²) in [6.07, 6.45) is 2.60. The number of nitrogens with zero attached hydrogens (tertiary/aromatic N) is 2. The molecule has 0 bridgehead atoms. The van der Waals surface area contributed by atoms with Crippen LogP contribution in [0.15, 0.2) is 54.6 Å². The van der Waals surface area contributed by atoms with Crippen molar-refractivity contribution in [3.63, 3.8) is 0 Å². The molecule has 2 aliphatic rings. The molecule has 0 radical (unpaired) electrons. The summed E-state index contributed by atoms with van der Waals surface area (Å²) in [6.45, 7) is 4.23. The molecular formula is C24H31N3O2. The van der Waals surface area contributed by atoms with E-state index in [1.165, 1.54) is 16.7 Å². The third-order valence-corrected chi connectivity index (χ3v) is 6.15. The zero-order valence-electron chi connectivity index (χ0n) is 17.0. The molecule has 2 N–H and O–H groups in total. The molecule has 2 atom stereocenters. The Kier molecular flexibility index (Phi) is 6.47. The molecule has 0 aromatic heterocycles. The first kappa shape index (κ1) is 19.9. The Morgan fingerprint density at radius 1 is 1.07 bits per heavy atom. The van der Waals surface area contributed by atoms with Crippen LogP contribution < -0.4 is 5.32 Å². The third-order valence-electron chi connectivity index (χ3n) is 6.15. The summed E-state index contributed by atoms with van der Waals surface area (Å²) in [5, 5.41) is 13.4. The van der Waals surface area contributed by atoms with Crippen LogP contribution in [0.5, 0.6) is 0 Å². The van der Waals surface area contributed by atoms with E-state index < -0.39 is 6.10 Å². The second kappa shape index (κ2) is 9.42. The number of fused-ring (bicyclic) bond motifs is 1. The summed E-state index contributed by atoms with van der Waals surface area (Å²) in [5.74, 6) is 0.397. The quantitative estimate of drug-likeness (QED) is 0.821. The Bertz CT molecular complexity index is 811. The van der Waals surface area contributed by atoms with Crippen molar-refractivity contribution in [2.45, 2.75) is 37.8 Å². The zero-order chi connectivity index (χ0) is 20.1. The number of likely N-dealkylation sites (tertiary alicyclic amines) is 1. The van der Waals surface area contributed by atoms with Gasteiger partial charge in [-0.2, -0.15) is 0 Å². The van der Waals surface area contributed by atoms with E-state index in [1.807, 2.05) is 11.0 Å². The Morgan fingerprint density at radius 2 is 1.83 bits per heavy atom. The van der Waals surface area contributed by atoms with Crippen molar-refractivity contribution in [3.8, 4) is 0 Å². The maximum absolute atomic E-state index is 12.6. The van der Waals surface area contributed by atoms with Gasteiger partial charge in [-0.25, -0.2) is 4.79 Å². The maximum atomic E-state index is 12.6. The predicted octanol–water partition coefficient (Wildman–Crippen LogP) is 2.99. The molecule has 154 valence electrons.